The maximum atomic E-state index is 3.19. The molecule has 0 aromatic carbocycles. The van der Waals surface area contributed by atoms with E-state index in [-0.39, 0.29) is 9.68 Å². The summed E-state index contributed by atoms with van der Waals surface area (Å²) in [7, 11) is 1.92. The highest BCUT2D eigenvalue weighted by Crippen LogP contribution is 2.13. The fourth-order valence-electron chi connectivity index (χ4n) is 0.530. The number of hydrogen-bond acceptors (Lipinski definition) is 1. The third kappa shape index (κ3) is 7.92. The lowest BCUT2D eigenvalue weighted by Gasteiger charge is -2.10. The Bertz CT molecular complexity index is 91.6. The number of allylic oxidation sites excluding steroid dienone is 1. The van der Waals surface area contributed by atoms with Crippen molar-refractivity contribution in [3.8, 4) is 0 Å². The fourth-order valence-corrected chi connectivity index (χ4v) is 1.59. The average Bonchev–Trinajstić information content (AvgIpc) is 1.63. The normalized spacial score (nSPS) is 14.2. The Labute approximate surface area is 60.4 Å². The van der Waals surface area contributed by atoms with E-state index in [1.165, 1.54) is 0 Å². The molecule has 0 unspecified atom stereocenters. The maximum absolute atomic E-state index is 3.19. The van der Waals surface area contributed by atoms with Gasteiger partial charge in [-0.1, -0.05) is 32.5 Å². The average molecular weight is 143 g/mol. The zero-order chi connectivity index (χ0) is 7.33. The topological polar surface area (TPSA) is 12.0 Å². The molecule has 0 radical (unpaired) electrons. The Kier molecular flexibility index (Phi) is 3.82. The van der Waals surface area contributed by atoms with Crippen LogP contribution in [0.15, 0.2) is 11.8 Å². The van der Waals surface area contributed by atoms with Crippen LogP contribution in [0.25, 0.3) is 0 Å². The highest BCUT2D eigenvalue weighted by molar-refractivity contribution is 6.38. The summed E-state index contributed by atoms with van der Waals surface area (Å²) in [6, 6.07) is 0. The molecule has 0 aliphatic heterocycles. The lowest BCUT2D eigenvalue weighted by atomic mass is 9.98. The first-order chi connectivity index (χ1) is 4.06. The predicted molar refractivity (Wildman–Crippen MR) is 46.2 cm³/mol. The van der Waals surface area contributed by atoms with Crippen LogP contribution in [0.4, 0.5) is 0 Å². The number of rotatable bonds is 2. The van der Waals surface area contributed by atoms with Crippen LogP contribution >= 0.6 is 0 Å². The SMILES string of the molecule is CN[SiH2]C=CC(C)(C)C. The molecule has 0 aliphatic carbocycles. The van der Waals surface area contributed by atoms with Gasteiger partial charge in [0, 0.05) is 0 Å². The summed E-state index contributed by atoms with van der Waals surface area (Å²) >= 11 is 0. The van der Waals surface area contributed by atoms with E-state index in [0.29, 0.717) is 5.41 Å². The van der Waals surface area contributed by atoms with Crippen molar-refractivity contribution in [3.05, 3.63) is 11.8 Å². The van der Waals surface area contributed by atoms with Crippen LogP contribution in [0.1, 0.15) is 20.8 Å². The smallest absolute Gasteiger partial charge is 0.116 e. The molecule has 1 nitrogen and oxygen atoms in total. The summed E-state index contributed by atoms with van der Waals surface area (Å²) in [6.45, 7) is 6.65. The Morgan fingerprint density at radius 3 is 2.22 bits per heavy atom. The van der Waals surface area contributed by atoms with Crippen LogP contribution in [-0.2, 0) is 0 Å². The van der Waals surface area contributed by atoms with E-state index in [0.717, 1.165) is 0 Å². The van der Waals surface area contributed by atoms with E-state index in [1.807, 2.05) is 7.05 Å². The van der Waals surface area contributed by atoms with E-state index >= 15 is 0 Å². The van der Waals surface area contributed by atoms with Crippen LogP contribution in [0, 0.1) is 5.41 Å². The summed E-state index contributed by atoms with van der Waals surface area (Å²) < 4.78 is 0. The van der Waals surface area contributed by atoms with Crippen LogP contribution in [0.2, 0.25) is 0 Å². The van der Waals surface area contributed by atoms with E-state index in [9.17, 15) is 0 Å². The molecule has 0 spiro atoms. The van der Waals surface area contributed by atoms with E-state index in [4.69, 9.17) is 0 Å². The van der Waals surface area contributed by atoms with Gasteiger partial charge in [-0.25, -0.2) is 0 Å². The largest absolute Gasteiger partial charge is 0.342 e. The molecule has 0 aliphatic rings. The Balaban J connectivity index is 3.45. The Hall–Kier alpha value is -0.0831. The molecule has 0 fully saturated rings. The molecule has 0 aromatic rings. The molecule has 1 N–H and O–H groups in total. The minimum Gasteiger partial charge on any atom is -0.342 e. The van der Waals surface area contributed by atoms with Crippen molar-refractivity contribution in [2.45, 2.75) is 20.8 Å². The molecule has 9 heavy (non-hydrogen) atoms. The van der Waals surface area contributed by atoms with Crippen LogP contribution < -0.4 is 4.98 Å². The second kappa shape index (κ2) is 3.85. The van der Waals surface area contributed by atoms with Crippen LogP contribution in [-0.4, -0.2) is 16.7 Å². The van der Waals surface area contributed by atoms with Crippen molar-refractivity contribution in [1.82, 2.24) is 4.98 Å². The van der Waals surface area contributed by atoms with Gasteiger partial charge in [0.25, 0.3) is 0 Å². The number of hydrogen-bond donors (Lipinski definition) is 1. The molecule has 0 atom stereocenters. The second-order valence-electron chi connectivity index (χ2n) is 3.33. The molecule has 0 rings (SSSR count). The van der Waals surface area contributed by atoms with E-state index < -0.39 is 0 Å². The Morgan fingerprint density at radius 2 is 1.89 bits per heavy atom. The van der Waals surface area contributed by atoms with Gasteiger partial charge in [0.15, 0.2) is 0 Å². The lowest BCUT2D eigenvalue weighted by Crippen LogP contribution is -2.10. The summed E-state index contributed by atoms with van der Waals surface area (Å²) in [4.78, 5) is 3.19. The van der Waals surface area contributed by atoms with Gasteiger partial charge in [0.05, 0.1) is 0 Å². The fraction of sp³-hybridized carbons (Fsp3) is 0.714. The van der Waals surface area contributed by atoms with Crippen molar-refractivity contribution in [2.75, 3.05) is 7.05 Å². The minimum atomic E-state index is -0.0887. The summed E-state index contributed by atoms with van der Waals surface area (Å²) in [6.07, 6.45) is 2.27. The van der Waals surface area contributed by atoms with Crippen molar-refractivity contribution >= 4 is 9.68 Å². The molecular weight excluding hydrogens is 126 g/mol. The van der Waals surface area contributed by atoms with E-state index in [1.54, 1.807) is 0 Å². The van der Waals surface area contributed by atoms with Gasteiger partial charge < -0.3 is 4.98 Å². The maximum Gasteiger partial charge on any atom is 0.116 e. The van der Waals surface area contributed by atoms with Crippen LogP contribution in [0.5, 0.6) is 0 Å². The van der Waals surface area contributed by atoms with Crippen molar-refractivity contribution in [2.24, 2.45) is 5.41 Å². The summed E-state index contributed by atoms with van der Waals surface area (Å²) in [5.41, 5.74) is 2.66. The van der Waals surface area contributed by atoms with E-state index in [2.05, 4.69) is 37.5 Å². The predicted octanol–water partition coefficient (Wildman–Crippen LogP) is 0.849. The standard InChI is InChI=1S/C7H17NSi/c1-7(2,3)5-6-9-8-4/h5-6,8H,9H2,1-4H3. The molecule has 54 valence electrons. The molecule has 0 saturated heterocycles. The molecule has 2 heteroatoms. The van der Waals surface area contributed by atoms with Gasteiger partial charge >= 0.3 is 0 Å². The van der Waals surface area contributed by atoms with Crippen molar-refractivity contribution in [1.29, 1.82) is 0 Å². The molecule has 0 saturated carbocycles. The highest BCUT2D eigenvalue weighted by Gasteiger charge is 2.01. The van der Waals surface area contributed by atoms with Gasteiger partial charge in [-0.05, 0) is 12.5 Å². The quantitative estimate of drug-likeness (QED) is 0.565. The van der Waals surface area contributed by atoms with Crippen LogP contribution in [0.3, 0.4) is 0 Å². The summed E-state index contributed by atoms with van der Waals surface area (Å²) in [5.74, 6) is 0. The van der Waals surface area contributed by atoms with Gasteiger partial charge in [-0.2, -0.15) is 0 Å². The van der Waals surface area contributed by atoms with Crippen molar-refractivity contribution < 1.29 is 0 Å². The Morgan fingerprint density at radius 1 is 1.33 bits per heavy atom. The van der Waals surface area contributed by atoms with Gasteiger partial charge in [0.2, 0.25) is 0 Å². The molecular formula is C7H17NSi. The monoisotopic (exact) mass is 143 g/mol. The van der Waals surface area contributed by atoms with Gasteiger partial charge in [0.1, 0.15) is 9.68 Å². The van der Waals surface area contributed by atoms with Gasteiger partial charge in [-0.15, -0.1) is 0 Å². The third-order valence-electron chi connectivity index (χ3n) is 0.940. The highest BCUT2D eigenvalue weighted by atomic mass is 28.2. The third-order valence-corrected chi connectivity index (χ3v) is 1.82. The molecule has 0 amide bonds. The second-order valence-corrected chi connectivity index (χ2v) is 4.91. The zero-order valence-electron chi connectivity index (χ0n) is 6.86. The zero-order valence-corrected chi connectivity index (χ0v) is 8.28. The van der Waals surface area contributed by atoms with Gasteiger partial charge in [-0.3, -0.25) is 0 Å². The number of nitrogens with one attached hydrogen (secondary N) is 1. The first-order valence-electron chi connectivity index (χ1n) is 3.38. The first-order valence-corrected chi connectivity index (χ1v) is 4.91. The van der Waals surface area contributed by atoms with Crippen molar-refractivity contribution in [3.63, 3.8) is 0 Å². The summed E-state index contributed by atoms with van der Waals surface area (Å²) in [5, 5.41) is 0. The lowest BCUT2D eigenvalue weighted by molar-refractivity contribution is 0.545. The molecule has 0 heterocycles. The molecule has 0 aromatic heterocycles. The molecule has 0 bridgehead atoms. The first kappa shape index (κ1) is 8.92. The minimum absolute atomic E-state index is 0.0887.